The third kappa shape index (κ3) is 0.971. The summed E-state index contributed by atoms with van der Waals surface area (Å²) >= 11 is 0. The van der Waals surface area contributed by atoms with E-state index in [0.29, 0.717) is 18.0 Å². The molecule has 0 aromatic carbocycles. The monoisotopic (exact) mass is 172 g/mol. The maximum atomic E-state index is 11.3. The van der Waals surface area contributed by atoms with Crippen molar-refractivity contribution in [2.75, 3.05) is 6.54 Å². The van der Waals surface area contributed by atoms with Gasteiger partial charge in [0.15, 0.2) is 6.23 Å². The van der Waals surface area contributed by atoms with Gasteiger partial charge in [-0.05, 0) is 12.8 Å². The zero-order chi connectivity index (χ0) is 8.72. The van der Waals surface area contributed by atoms with Crippen molar-refractivity contribution in [3.05, 3.63) is 0 Å². The predicted molar refractivity (Wildman–Crippen MR) is 39.4 cm³/mol. The first-order chi connectivity index (χ1) is 5.70. The Labute approximate surface area is 70.1 Å². The average molecular weight is 172 g/mol. The lowest BCUT2D eigenvalue weighted by atomic mass is 10.1. The van der Waals surface area contributed by atoms with Crippen LogP contribution in [0.1, 0.15) is 19.3 Å². The summed E-state index contributed by atoms with van der Waals surface area (Å²) in [7, 11) is 0. The molecule has 5 nitrogen and oxygen atoms in total. The lowest BCUT2D eigenvalue weighted by Crippen LogP contribution is -2.55. The Morgan fingerprint density at radius 1 is 1.50 bits per heavy atom. The molecule has 0 aromatic rings. The summed E-state index contributed by atoms with van der Waals surface area (Å²) in [5, 5.41) is 18.7. The average Bonchev–Trinajstić information content (AvgIpc) is 2.48. The number of nitrogens with zero attached hydrogens (tertiary/aromatic N) is 2. The summed E-state index contributed by atoms with van der Waals surface area (Å²) in [5.74, 6) is 0. The molecule has 0 spiro atoms. The summed E-state index contributed by atoms with van der Waals surface area (Å²) in [6.45, 7) is 0.702. The van der Waals surface area contributed by atoms with Crippen LogP contribution in [0.2, 0.25) is 0 Å². The van der Waals surface area contributed by atoms with Gasteiger partial charge in [-0.15, -0.1) is 0 Å². The van der Waals surface area contributed by atoms with Crippen LogP contribution in [0.15, 0.2) is 0 Å². The molecule has 2 amide bonds. The van der Waals surface area contributed by atoms with Gasteiger partial charge < -0.3 is 10.0 Å². The molecule has 68 valence electrons. The maximum absolute atomic E-state index is 11.3. The number of fused-ring (bicyclic) bond motifs is 1. The molecule has 0 aliphatic carbocycles. The van der Waals surface area contributed by atoms with E-state index in [2.05, 4.69) is 0 Å². The zero-order valence-electron chi connectivity index (χ0n) is 6.68. The quantitative estimate of drug-likeness (QED) is 0.505. The molecule has 2 aliphatic rings. The highest BCUT2D eigenvalue weighted by atomic mass is 16.6. The Morgan fingerprint density at radius 2 is 2.25 bits per heavy atom. The number of urea groups is 1. The molecular weight excluding hydrogens is 160 g/mol. The third-order valence-electron chi connectivity index (χ3n) is 2.58. The molecule has 2 atom stereocenters. The first kappa shape index (κ1) is 7.82. The second-order valence-electron chi connectivity index (χ2n) is 3.33. The van der Waals surface area contributed by atoms with Crippen molar-refractivity contribution in [1.29, 1.82) is 0 Å². The number of carbonyl (C=O) groups is 1. The number of rotatable bonds is 0. The first-order valence-electron chi connectivity index (χ1n) is 4.17. The van der Waals surface area contributed by atoms with Gasteiger partial charge in [-0.2, -0.15) is 5.06 Å². The predicted octanol–water partition coefficient (Wildman–Crippen LogP) is -0.0159. The molecule has 12 heavy (non-hydrogen) atoms. The lowest BCUT2D eigenvalue weighted by Gasteiger charge is -2.37. The van der Waals surface area contributed by atoms with E-state index < -0.39 is 12.3 Å². The first-order valence-corrected chi connectivity index (χ1v) is 4.17. The van der Waals surface area contributed by atoms with Gasteiger partial charge in [-0.3, -0.25) is 5.21 Å². The molecule has 0 bridgehead atoms. The van der Waals surface area contributed by atoms with E-state index >= 15 is 0 Å². The van der Waals surface area contributed by atoms with Crippen LogP contribution in [0.3, 0.4) is 0 Å². The molecule has 2 aliphatic heterocycles. The highest BCUT2D eigenvalue weighted by Gasteiger charge is 2.40. The molecule has 2 N–H and O–H groups in total. The van der Waals surface area contributed by atoms with Gasteiger partial charge in [0.2, 0.25) is 0 Å². The van der Waals surface area contributed by atoms with E-state index in [9.17, 15) is 9.90 Å². The Bertz CT molecular complexity index is 209. The Balaban J connectivity index is 2.16. The fourth-order valence-corrected chi connectivity index (χ4v) is 1.93. The molecule has 2 heterocycles. The summed E-state index contributed by atoms with van der Waals surface area (Å²) in [4.78, 5) is 12.9. The molecule has 2 fully saturated rings. The maximum Gasteiger partial charge on any atom is 0.346 e. The van der Waals surface area contributed by atoms with Crippen molar-refractivity contribution < 1.29 is 15.1 Å². The fourth-order valence-electron chi connectivity index (χ4n) is 1.93. The smallest absolute Gasteiger partial charge is 0.346 e. The van der Waals surface area contributed by atoms with Gasteiger partial charge in [0.25, 0.3) is 0 Å². The van der Waals surface area contributed by atoms with Gasteiger partial charge >= 0.3 is 6.03 Å². The minimum Gasteiger partial charge on any atom is -0.371 e. The number of hydroxylamine groups is 2. The van der Waals surface area contributed by atoms with E-state index in [1.165, 1.54) is 0 Å². The molecule has 2 rings (SSSR count). The minimum atomic E-state index is -1.02. The van der Waals surface area contributed by atoms with Crippen molar-refractivity contribution in [3.63, 3.8) is 0 Å². The number of aliphatic hydroxyl groups is 1. The van der Waals surface area contributed by atoms with Crippen molar-refractivity contribution in [3.8, 4) is 0 Å². The molecule has 2 unspecified atom stereocenters. The fraction of sp³-hybridized carbons (Fsp3) is 0.857. The van der Waals surface area contributed by atoms with Gasteiger partial charge in [0.05, 0.1) is 0 Å². The molecule has 0 saturated carbocycles. The Kier molecular flexibility index (Phi) is 1.69. The standard InChI is InChI=1S/C7H12N2O3/c10-6-4-5-2-1-3-8(5)7(11)9(6)12/h5-6,10,12H,1-4H2. The van der Waals surface area contributed by atoms with Crippen molar-refractivity contribution in [2.45, 2.75) is 31.5 Å². The number of carbonyl (C=O) groups excluding carboxylic acids is 1. The zero-order valence-corrected chi connectivity index (χ0v) is 6.68. The van der Waals surface area contributed by atoms with Crippen LogP contribution >= 0.6 is 0 Å². The highest BCUT2D eigenvalue weighted by molar-refractivity contribution is 5.74. The molecular formula is C7H12N2O3. The van der Waals surface area contributed by atoms with E-state index in [1.54, 1.807) is 4.90 Å². The van der Waals surface area contributed by atoms with Gasteiger partial charge in [0, 0.05) is 19.0 Å². The third-order valence-corrected chi connectivity index (χ3v) is 2.58. The van der Waals surface area contributed by atoms with Crippen LogP contribution in [-0.2, 0) is 0 Å². The van der Waals surface area contributed by atoms with Crippen LogP contribution < -0.4 is 0 Å². The van der Waals surface area contributed by atoms with Crippen LogP contribution in [-0.4, -0.2) is 45.1 Å². The molecule has 5 heteroatoms. The van der Waals surface area contributed by atoms with Crippen LogP contribution in [0, 0.1) is 0 Å². The van der Waals surface area contributed by atoms with Gasteiger partial charge in [-0.1, -0.05) is 0 Å². The number of hydrogen-bond acceptors (Lipinski definition) is 3. The van der Waals surface area contributed by atoms with E-state index in [4.69, 9.17) is 5.21 Å². The van der Waals surface area contributed by atoms with E-state index in [1.807, 2.05) is 0 Å². The normalized spacial score (nSPS) is 35.7. The Hall–Kier alpha value is -0.810. The van der Waals surface area contributed by atoms with E-state index in [-0.39, 0.29) is 6.04 Å². The Morgan fingerprint density at radius 3 is 3.00 bits per heavy atom. The summed E-state index contributed by atoms with van der Waals surface area (Å²) in [6.07, 6.45) is 1.35. The van der Waals surface area contributed by atoms with Gasteiger partial charge in [-0.25, -0.2) is 4.79 Å². The van der Waals surface area contributed by atoms with Crippen molar-refractivity contribution >= 4 is 6.03 Å². The van der Waals surface area contributed by atoms with Crippen molar-refractivity contribution in [1.82, 2.24) is 9.96 Å². The minimum absolute atomic E-state index is 0.135. The largest absolute Gasteiger partial charge is 0.371 e. The van der Waals surface area contributed by atoms with Crippen molar-refractivity contribution in [2.24, 2.45) is 0 Å². The summed E-state index contributed by atoms with van der Waals surface area (Å²) < 4.78 is 0. The molecule has 0 radical (unpaired) electrons. The number of hydrogen-bond donors (Lipinski definition) is 2. The van der Waals surface area contributed by atoms with Crippen LogP contribution in [0.4, 0.5) is 4.79 Å². The lowest BCUT2D eigenvalue weighted by molar-refractivity contribution is -0.182. The molecule has 0 aromatic heterocycles. The van der Waals surface area contributed by atoms with Crippen LogP contribution in [0.5, 0.6) is 0 Å². The highest BCUT2D eigenvalue weighted by Crippen LogP contribution is 2.27. The summed E-state index contributed by atoms with van der Waals surface area (Å²) in [5.41, 5.74) is 0. The number of aliphatic hydroxyl groups excluding tert-OH is 1. The SMILES string of the molecule is O=C1N(O)C(O)CC2CCCN12. The topological polar surface area (TPSA) is 64.0 Å². The second kappa shape index (κ2) is 2.60. The summed E-state index contributed by atoms with van der Waals surface area (Å²) in [6, 6.07) is -0.327. The van der Waals surface area contributed by atoms with E-state index in [0.717, 1.165) is 12.8 Å². The second-order valence-corrected chi connectivity index (χ2v) is 3.33. The molecule has 2 saturated heterocycles. The van der Waals surface area contributed by atoms with Crippen LogP contribution in [0.25, 0.3) is 0 Å². The van der Waals surface area contributed by atoms with Gasteiger partial charge in [0.1, 0.15) is 0 Å². The number of amides is 2.